The van der Waals surface area contributed by atoms with E-state index in [2.05, 4.69) is 0 Å². The van der Waals surface area contributed by atoms with Crippen molar-refractivity contribution in [3.8, 4) is 0 Å². The number of esters is 1. The van der Waals surface area contributed by atoms with Crippen molar-refractivity contribution in [3.05, 3.63) is 41.5 Å². The molecule has 0 atom stereocenters. The molecule has 0 aromatic heterocycles. The Morgan fingerprint density at radius 3 is 2.33 bits per heavy atom. The van der Waals surface area contributed by atoms with Gasteiger partial charge >= 0.3 is 5.97 Å². The number of carbonyl (C=O) groups excluding carboxylic acids is 1. The minimum atomic E-state index is -0.358. The molecule has 0 aliphatic heterocycles. The van der Waals surface area contributed by atoms with Crippen molar-refractivity contribution in [3.63, 3.8) is 0 Å². The monoisotopic (exact) mass is 248 g/mol. The van der Waals surface area contributed by atoms with Gasteiger partial charge in [-0.25, -0.2) is 4.79 Å². The second-order valence-corrected chi connectivity index (χ2v) is 4.97. The van der Waals surface area contributed by atoms with E-state index in [0.717, 1.165) is 5.56 Å². The average Bonchev–Trinajstić information content (AvgIpc) is 2.33. The van der Waals surface area contributed by atoms with Crippen LogP contribution in [0.5, 0.6) is 0 Å². The number of hydrogen-bond donors (Lipinski definition) is 0. The number of hydrogen-bond acceptors (Lipinski definition) is 3. The van der Waals surface area contributed by atoms with Crippen molar-refractivity contribution in [2.75, 3.05) is 13.7 Å². The fraction of sp³-hybridized carbons (Fsp3) is 0.400. The summed E-state index contributed by atoms with van der Waals surface area (Å²) in [5.41, 5.74) is 1.18. The van der Waals surface area contributed by atoms with Crippen LogP contribution in [0.3, 0.4) is 0 Å². The van der Waals surface area contributed by atoms with Gasteiger partial charge in [-0.2, -0.15) is 0 Å². The maximum absolute atomic E-state index is 11.7. The minimum absolute atomic E-state index is 0.241. The van der Waals surface area contributed by atoms with Crippen LogP contribution in [0.4, 0.5) is 0 Å². The Labute approximate surface area is 108 Å². The van der Waals surface area contributed by atoms with E-state index in [1.807, 2.05) is 51.1 Å². The van der Waals surface area contributed by atoms with Crippen LogP contribution in [0, 0.1) is 0 Å². The second kappa shape index (κ2) is 6.36. The van der Waals surface area contributed by atoms with E-state index in [9.17, 15) is 4.79 Å². The summed E-state index contributed by atoms with van der Waals surface area (Å²) in [5, 5.41) is 0. The van der Waals surface area contributed by atoms with Gasteiger partial charge in [0.15, 0.2) is 0 Å². The van der Waals surface area contributed by atoms with Crippen molar-refractivity contribution in [1.82, 2.24) is 0 Å². The second-order valence-electron chi connectivity index (χ2n) is 4.97. The van der Waals surface area contributed by atoms with E-state index < -0.39 is 0 Å². The molecule has 0 radical (unpaired) electrons. The summed E-state index contributed by atoms with van der Waals surface area (Å²) in [5.74, 6) is -0.358. The van der Waals surface area contributed by atoms with Crippen LogP contribution < -0.4 is 0 Å². The topological polar surface area (TPSA) is 35.5 Å². The van der Waals surface area contributed by atoms with Crippen molar-refractivity contribution < 1.29 is 14.3 Å². The van der Waals surface area contributed by atoms with Gasteiger partial charge in [-0.05, 0) is 32.4 Å². The Balaban J connectivity index is 2.85. The molecule has 0 spiro atoms. The molecule has 0 fully saturated rings. The lowest BCUT2D eigenvalue weighted by Gasteiger charge is -2.20. The number of rotatable bonds is 4. The maximum atomic E-state index is 11.7. The predicted molar refractivity (Wildman–Crippen MR) is 72.1 cm³/mol. The van der Waals surface area contributed by atoms with Gasteiger partial charge in [0.2, 0.25) is 0 Å². The van der Waals surface area contributed by atoms with E-state index in [-0.39, 0.29) is 18.2 Å². The molecule has 0 unspecified atom stereocenters. The van der Waals surface area contributed by atoms with Crippen LogP contribution in [0.15, 0.2) is 35.9 Å². The molecule has 3 nitrogen and oxygen atoms in total. The Morgan fingerprint density at radius 2 is 1.83 bits per heavy atom. The van der Waals surface area contributed by atoms with Crippen molar-refractivity contribution >= 4 is 12.0 Å². The molecule has 1 aromatic rings. The summed E-state index contributed by atoms with van der Waals surface area (Å²) < 4.78 is 10.4. The Hall–Kier alpha value is -1.61. The fourth-order valence-corrected chi connectivity index (χ4v) is 1.34. The van der Waals surface area contributed by atoms with E-state index in [0.29, 0.717) is 5.57 Å². The molecule has 18 heavy (non-hydrogen) atoms. The van der Waals surface area contributed by atoms with Crippen LogP contribution in [0.2, 0.25) is 0 Å². The van der Waals surface area contributed by atoms with Gasteiger partial charge in [-0.15, -0.1) is 0 Å². The molecule has 0 amide bonds. The first-order chi connectivity index (χ1) is 8.42. The molecule has 1 aromatic carbocycles. The van der Waals surface area contributed by atoms with Gasteiger partial charge in [-0.1, -0.05) is 30.3 Å². The standard InChI is InChI=1S/C15H20O3/c1-15(2,3)18-11-13(14(16)17-4)10-12-8-6-5-7-9-12/h5-10H,11H2,1-4H3. The highest BCUT2D eigenvalue weighted by Gasteiger charge is 2.15. The third-order valence-electron chi connectivity index (χ3n) is 2.25. The molecular formula is C15H20O3. The molecule has 0 heterocycles. The fourth-order valence-electron chi connectivity index (χ4n) is 1.34. The third-order valence-corrected chi connectivity index (χ3v) is 2.25. The highest BCUT2D eigenvalue weighted by atomic mass is 16.5. The van der Waals surface area contributed by atoms with Crippen LogP contribution >= 0.6 is 0 Å². The Kier molecular flexibility index (Phi) is 5.10. The van der Waals surface area contributed by atoms with Gasteiger partial charge in [0.05, 0.1) is 24.9 Å². The Bertz CT molecular complexity index is 413. The van der Waals surface area contributed by atoms with Crippen LogP contribution in [0.1, 0.15) is 26.3 Å². The lowest BCUT2D eigenvalue weighted by atomic mass is 10.1. The Morgan fingerprint density at radius 1 is 1.22 bits per heavy atom. The lowest BCUT2D eigenvalue weighted by Crippen LogP contribution is -2.22. The van der Waals surface area contributed by atoms with Crippen LogP contribution in [-0.2, 0) is 14.3 Å². The van der Waals surface area contributed by atoms with Gasteiger partial charge in [0.25, 0.3) is 0 Å². The first-order valence-electron chi connectivity index (χ1n) is 5.90. The molecular weight excluding hydrogens is 228 g/mol. The van der Waals surface area contributed by atoms with Gasteiger partial charge in [0, 0.05) is 0 Å². The zero-order chi connectivity index (χ0) is 13.6. The summed E-state index contributed by atoms with van der Waals surface area (Å²) in [7, 11) is 1.37. The van der Waals surface area contributed by atoms with Crippen molar-refractivity contribution in [2.45, 2.75) is 26.4 Å². The normalized spacial score (nSPS) is 12.3. The minimum Gasteiger partial charge on any atom is -0.466 e. The summed E-state index contributed by atoms with van der Waals surface area (Å²) in [4.78, 5) is 11.7. The average molecular weight is 248 g/mol. The number of ether oxygens (including phenoxy) is 2. The first kappa shape index (κ1) is 14.5. The van der Waals surface area contributed by atoms with Crippen LogP contribution in [-0.4, -0.2) is 25.3 Å². The molecule has 0 aliphatic carbocycles. The number of methoxy groups -OCH3 is 1. The number of benzene rings is 1. The van der Waals surface area contributed by atoms with Gasteiger partial charge in [0.1, 0.15) is 0 Å². The van der Waals surface area contributed by atoms with Gasteiger partial charge in [-0.3, -0.25) is 0 Å². The van der Waals surface area contributed by atoms with E-state index >= 15 is 0 Å². The van der Waals surface area contributed by atoms with Crippen molar-refractivity contribution in [1.29, 1.82) is 0 Å². The molecule has 0 bridgehead atoms. The summed E-state index contributed by atoms with van der Waals surface area (Å²) in [6.45, 7) is 6.09. The largest absolute Gasteiger partial charge is 0.466 e. The summed E-state index contributed by atoms with van der Waals surface area (Å²) in [6, 6.07) is 9.64. The van der Waals surface area contributed by atoms with Crippen LogP contribution in [0.25, 0.3) is 6.08 Å². The predicted octanol–water partition coefficient (Wildman–Crippen LogP) is 3.06. The van der Waals surface area contributed by atoms with Gasteiger partial charge < -0.3 is 9.47 Å². The highest BCUT2D eigenvalue weighted by molar-refractivity contribution is 5.93. The summed E-state index contributed by atoms with van der Waals surface area (Å²) in [6.07, 6.45) is 1.79. The maximum Gasteiger partial charge on any atom is 0.336 e. The summed E-state index contributed by atoms with van der Waals surface area (Å²) >= 11 is 0. The molecule has 0 aliphatic rings. The molecule has 98 valence electrons. The lowest BCUT2D eigenvalue weighted by molar-refractivity contribution is -0.137. The quantitative estimate of drug-likeness (QED) is 0.607. The zero-order valence-electron chi connectivity index (χ0n) is 11.4. The third kappa shape index (κ3) is 5.15. The smallest absolute Gasteiger partial charge is 0.336 e. The zero-order valence-corrected chi connectivity index (χ0v) is 11.4. The first-order valence-corrected chi connectivity index (χ1v) is 5.90. The van der Waals surface area contributed by atoms with Crippen molar-refractivity contribution in [2.24, 2.45) is 0 Å². The molecule has 0 saturated carbocycles. The highest BCUT2D eigenvalue weighted by Crippen LogP contribution is 2.13. The molecule has 3 heteroatoms. The SMILES string of the molecule is COC(=O)C(=Cc1ccccc1)COC(C)(C)C. The molecule has 0 saturated heterocycles. The molecule has 0 N–H and O–H groups in total. The van der Waals surface area contributed by atoms with E-state index in [1.165, 1.54) is 7.11 Å². The molecule has 1 rings (SSSR count). The van der Waals surface area contributed by atoms with E-state index in [1.54, 1.807) is 6.08 Å². The number of carbonyl (C=O) groups is 1. The van der Waals surface area contributed by atoms with E-state index in [4.69, 9.17) is 9.47 Å².